The molecule has 0 bridgehead atoms. The molecule has 0 unspecified atom stereocenters. The first-order valence-corrected chi connectivity index (χ1v) is 10.5. The van der Waals surface area contributed by atoms with Crippen molar-refractivity contribution < 1.29 is 22.7 Å². The molecular weight excluding hydrogens is 364 g/mol. The summed E-state index contributed by atoms with van der Waals surface area (Å²) in [5.41, 5.74) is 0.930. The predicted octanol–water partition coefficient (Wildman–Crippen LogP) is 1.32. The van der Waals surface area contributed by atoms with E-state index in [1.165, 1.54) is 18.7 Å². The number of amidine groups is 1. The van der Waals surface area contributed by atoms with Gasteiger partial charge in [-0.05, 0) is 17.7 Å². The van der Waals surface area contributed by atoms with E-state index in [9.17, 15) is 13.2 Å². The number of thioether (sulfide) groups is 1. The monoisotopic (exact) mass is 384 g/mol. The molecule has 2 heterocycles. The first kappa shape index (κ1) is 18.1. The van der Waals surface area contributed by atoms with Crippen LogP contribution < -0.4 is 9.47 Å². The van der Waals surface area contributed by atoms with Crippen LogP contribution in [-0.4, -0.2) is 61.4 Å². The van der Waals surface area contributed by atoms with Crippen molar-refractivity contribution in [2.45, 2.75) is 24.8 Å². The van der Waals surface area contributed by atoms with Crippen molar-refractivity contribution in [3.63, 3.8) is 0 Å². The van der Waals surface area contributed by atoms with E-state index < -0.39 is 9.84 Å². The lowest BCUT2D eigenvalue weighted by molar-refractivity contribution is -0.115. The Labute approximate surface area is 151 Å². The van der Waals surface area contributed by atoms with E-state index in [2.05, 4.69) is 4.99 Å². The number of carbonyl (C=O) groups excluding carboxylic acids is 1. The largest absolute Gasteiger partial charge is 0.493 e. The molecule has 2 fully saturated rings. The minimum atomic E-state index is -3.05. The Kier molecular flexibility index (Phi) is 4.97. The molecule has 2 aliphatic heterocycles. The van der Waals surface area contributed by atoms with Crippen LogP contribution in [0.25, 0.3) is 0 Å². The maximum atomic E-state index is 12.0. The second kappa shape index (κ2) is 6.87. The van der Waals surface area contributed by atoms with Gasteiger partial charge in [0.25, 0.3) is 0 Å². The van der Waals surface area contributed by atoms with E-state index in [1.807, 2.05) is 23.1 Å². The van der Waals surface area contributed by atoms with Gasteiger partial charge in [-0.3, -0.25) is 4.79 Å². The van der Waals surface area contributed by atoms with Crippen LogP contribution in [0.15, 0.2) is 23.2 Å². The van der Waals surface area contributed by atoms with Crippen LogP contribution in [0.5, 0.6) is 11.5 Å². The van der Waals surface area contributed by atoms with Crippen LogP contribution >= 0.6 is 11.8 Å². The smallest absolute Gasteiger partial charge is 0.244 e. The van der Waals surface area contributed by atoms with Crippen molar-refractivity contribution >= 4 is 32.7 Å². The molecule has 3 rings (SSSR count). The minimum Gasteiger partial charge on any atom is -0.493 e. The normalized spacial score (nSPS) is 25.9. The molecule has 136 valence electrons. The van der Waals surface area contributed by atoms with E-state index >= 15 is 0 Å². The molecule has 2 atom stereocenters. The van der Waals surface area contributed by atoms with Gasteiger partial charge >= 0.3 is 0 Å². The van der Waals surface area contributed by atoms with Gasteiger partial charge in [0, 0.05) is 18.7 Å². The summed E-state index contributed by atoms with van der Waals surface area (Å²) in [6, 6.07) is 5.39. The van der Waals surface area contributed by atoms with E-state index in [4.69, 9.17) is 9.47 Å². The number of carbonyl (C=O) groups is 1. The molecule has 0 N–H and O–H groups in total. The van der Waals surface area contributed by atoms with Gasteiger partial charge in [0.2, 0.25) is 5.91 Å². The molecule has 9 heteroatoms. The first-order valence-electron chi connectivity index (χ1n) is 7.77. The first-order chi connectivity index (χ1) is 11.8. The molecule has 1 aromatic rings. The Bertz CT molecular complexity index is 822. The highest BCUT2D eigenvalue weighted by Crippen LogP contribution is 2.39. The fourth-order valence-corrected chi connectivity index (χ4v) is 7.13. The Hall–Kier alpha value is -1.74. The number of nitrogens with zero attached hydrogens (tertiary/aromatic N) is 2. The standard InChI is InChI=1S/C16H20N2O5S2/c1-10(19)17-16-18(12-8-25(20,21)9-15(12)24-16)7-11-4-5-13(22-2)14(6-11)23-3/h4-6,12,15H,7-9H2,1-3H3/t12-,15+/m0/s1. The van der Waals surface area contributed by atoms with Gasteiger partial charge in [-0.15, -0.1) is 0 Å². The van der Waals surface area contributed by atoms with Crippen LogP contribution in [-0.2, 0) is 21.2 Å². The second-order valence-corrected chi connectivity index (χ2v) is 9.39. The number of aliphatic imine (C=N–C) groups is 1. The average Bonchev–Trinajstić information content (AvgIpc) is 2.99. The van der Waals surface area contributed by atoms with E-state index in [-0.39, 0.29) is 28.7 Å². The third-order valence-electron chi connectivity index (χ3n) is 4.23. The SMILES string of the molecule is COc1ccc(CN2C(=NC(C)=O)S[C@@H]3CS(=O)(=O)C[C@@H]32)cc1OC. The molecule has 2 aliphatic rings. The van der Waals surface area contributed by atoms with E-state index in [1.54, 1.807) is 14.2 Å². The van der Waals surface area contributed by atoms with Crippen molar-refractivity contribution in [2.75, 3.05) is 25.7 Å². The third-order valence-corrected chi connectivity index (χ3v) is 7.48. The number of fused-ring (bicyclic) bond motifs is 1. The fourth-order valence-electron chi connectivity index (χ4n) is 3.13. The molecule has 7 nitrogen and oxygen atoms in total. The van der Waals surface area contributed by atoms with Gasteiger partial charge in [0.15, 0.2) is 26.5 Å². The predicted molar refractivity (Wildman–Crippen MR) is 97.0 cm³/mol. The van der Waals surface area contributed by atoms with Crippen LogP contribution in [0.1, 0.15) is 12.5 Å². The van der Waals surface area contributed by atoms with Gasteiger partial charge < -0.3 is 14.4 Å². The quantitative estimate of drug-likeness (QED) is 0.774. The summed E-state index contributed by atoms with van der Waals surface area (Å²) in [7, 11) is 0.0815. The van der Waals surface area contributed by atoms with Crippen LogP contribution in [0.3, 0.4) is 0 Å². The maximum absolute atomic E-state index is 12.0. The summed E-state index contributed by atoms with van der Waals surface area (Å²) in [6.07, 6.45) is 0. The van der Waals surface area contributed by atoms with Gasteiger partial charge in [-0.2, -0.15) is 4.99 Å². The number of methoxy groups -OCH3 is 2. The molecule has 0 radical (unpaired) electrons. The maximum Gasteiger partial charge on any atom is 0.244 e. The molecule has 25 heavy (non-hydrogen) atoms. The number of sulfone groups is 1. The topological polar surface area (TPSA) is 85.3 Å². The highest BCUT2D eigenvalue weighted by Gasteiger charge is 2.48. The van der Waals surface area contributed by atoms with Gasteiger partial charge in [-0.25, -0.2) is 8.42 Å². The number of hydrogen-bond donors (Lipinski definition) is 0. The molecular formula is C16H20N2O5S2. The lowest BCUT2D eigenvalue weighted by Crippen LogP contribution is -2.37. The summed E-state index contributed by atoms with van der Waals surface area (Å²) >= 11 is 1.38. The number of rotatable bonds is 4. The van der Waals surface area contributed by atoms with Crippen molar-refractivity contribution in [3.05, 3.63) is 23.8 Å². The number of ether oxygens (including phenoxy) is 2. The van der Waals surface area contributed by atoms with Crippen LogP contribution in [0.2, 0.25) is 0 Å². The molecule has 1 amide bonds. The second-order valence-electron chi connectivity index (χ2n) is 6.03. The van der Waals surface area contributed by atoms with Crippen molar-refractivity contribution in [1.82, 2.24) is 4.90 Å². The Morgan fingerprint density at radius 3 is 2.64 bits per heavy atom. The molecule has 0 aromatic heterocycles. The summed E-state index contributed by atoms with van der Waals surface area (Å²) in [5.74, 6) is 1.16. The van der Waals surface area contributed by atoms with Gasteiger partial charge in [0.05, 0.1) is 31.8 Å². The number of hydrogen-bond acceptors (Lipinski definition) is 6. The number of amides is 1. The Balaban J connectivity index is 1.90. The van der Waals surface area contributed by atoms with Gasteiger partial charge in [0.1, 0.15) is 0 Å². The minimum absolute atomic E-state index is 0.0803. The molecule has 2 saturated heterocycles. The Morgan fingerprint density at radius 1 is 1.28 bits per heavy atom. The summed E-state index contributed by atoms with van der Waals surface area (Å²) in [6.45, 7) is 1.85. The summed E-state index contributed by atoms with van der Waals surface area (Å²) < 4.78 is 34.5. The molecule has 0 aliphatic carbocycles. The number of benzene rings is 1. The van der Waals surface area contributed by atoms with Crippen molar-refractivity contribution in [1.29, 1.82) is 0 Å². The lowest BCUT2D eigenvalue weighted by Gasteiger charge is -2.24. The highest BCUT2D eigenvalue weighted by molar-refractivity contribution is 8.15. The zero-order chi connectivity index (χ0) is 18.2. The highest BCUT2D eigenvalue weighted by atomic mass is 32.2. The van der Waals surface area contributed by atoms with Crippen LogP contribution in [0.4, 0.5) is 0 Å². The lowest BCUT2D eigenvalue weighted by atomic mass is 10.1. The van der Waals surface area contributed by atoms with E-state index in [0.717, 1.165) is 5.56 Å². The fraction of sp³-hybridized carbons (Fsp3) is 0.500. The van der Waals surface area contributed by atoms with Gasteiger partial charge in [-0.1, -0.05) is 17.8 Å². The molecule has 0 spiro atoms. The molecule has 1 aromatic carbocycles. The summed E-state index contributed by atoms with van der Waals surface area (Å²) in [5, 5.41) is 0.510. The van der Waals surface area contributed by atoms with Crippen molar-refractivity contribution in [2.24, 2.45) is 4.99 Å². The average molecular weight is 384 g/mol. The zero-order valence-corrected chi connectivity index (χ0v) is 15.9. The Morgan fingerprint density at radius 2 is 2.00 bits per heavy atom. The van der Waals surface area contributed by atoms with Crippen molar-refractivity contribution in [3.8, 4) is 11.5 Å². The zero-order valence-electron chi connectivity index (χ0n) is 14.3. The third kappa shape index (κ3) is 3.77. The van der Waals surface area contributed by atoms with E-state index in [0.29, 0.717) is 23.2 Å². The summed E-state index contributed by atoms with van der Waals surface area (Å²) in [4.78, 5) is 17.4. The molecule has 0 saturated carbocycles. The van der Waals surface area contributed by atoms with Crippen LogP contribution in [0, 0.1) is 0 Å².